The van der Waals surface area contributed by atoms with Crippen molar-refractivity contribution in [1.29, 1.82) is 0 Å². The number of rotatable bonds is 16. The van der Waals surface area contributed by atoms with Crippen LogP contribution < -0.4 is 5.32 Å². The van der Waals surface area contributed by atoms with E-state index in [-0.39, 0.29) is 19.1 Å². The van der Waals surface area contributed by atoms with Gasteiger partial charge < -0.3 is 33.7 Å². The number of esters is 1. The van der Waals surface area contributed by atoms with E-state index in [1.165, 1.54) is 22.3 Å². The van der Waals surface area contributed by atoms with E-state index in [4.69, 9.17) is 28.4 Å². The van der Waals surface area contributed by atoms with Gasteiger partial charge in [0.1, 0.15) is 18.8 Å². The second-order valence-corrected chi connectivity index (χ2v) is 9.73. The van der Waals surface area contributed by atoms with Crippen molar-refractivity contribution in [2.75, 3.05) is 66.0 Å². The molecular weight excluding hydrogens is 490 g/mol. The number of hydrogen-bond donors (Lipinski definition) is 1. The summed E-state index contributed by atoms with van der Waals surface area (Å²) < 4.78 is 32.1. The summed E-state index contributed by atoms with van der Waals surface area (Å²) in [5.74, 6) is -0.357. The Morgan fingerprint density at radius 2 is 1.24 bits per heavy atom. The smallest absolute Gasteiger partial charge is 0.407 e. The first-order valence-corrected chi connectivity index (χ1v) is 13.0. The molecule has 3 rings (SSSR count). The molecular formula is C29H39NO8. The molecule has 208 valence electrons. The van der Waals surface area contributed by atoms with Gasteiger partial charge in [0.2, 0.25) is 0 Å². The Hall–Kier alpha value is -2.98. The van der Waals surface area contributed by atoms with Gasteiger partial charge in [-0.3, -0.25) is 0 Å². The maximum Gasteiger partial charge on any atom is 0.407 e. The van der Waals surface area contributed by atoms with Crippen molar-refractivity contribution in [2.45, 2.75) is 32.3 Å². The van der Waals surface area contributed by atoms with E-state index >= 15 is 0 Å². The fraction of sp³-hybridized carbons (Fsp3) is 0.517. The van der Waals surface area contributed by atoms with Crippen LogP contribution in [0.1, 0.15) is 37.8 Å². The van der Waals surface area contributed by atoms with Gasteiger partial charge in [0.05, 0.1) is 46.2 Å². The largest absolute Gasteiger partial charge is 0.458 e. The summed E-state index contributed by atoms with van der Waals surface area (Å²) in [6.07, 6.45) is -0.459. The van der Waals surface area contributed by atoms with Gasteiger partial charge in [-0.2, -0.15) is 0 Å². The lowest BCUT2D eigenvalue weighted by molar-refractivity contribution is -0.160. The number of hydrogen-bond acceptors (Lipinski definition) is 8. The molecule has 0 saturated carbocycles. The highest BCUT2D eigenvalue weighted by molar-refractivity contribution is 5.79. The number of carbonyl (C=O) groups is 2. The first kappa shape index (κ1) is 29.6. The zero-order chi connectivity index (χ0) is 27.2. The molecule has 1 aliphatic carbocycles. The van der Waals surface area contributed by atoms with Crippen LogP contribution in [0.4, 0.5) is 4.79 Å². The lowest BCUT2D eigenvalue weighted by Crippen LogP contribution is -2.29. The van der Waals surface area contributed by atoms with Crippen LogP contribution in [-0.4, -0.2) is 83.7 Å². The predicted molar refractivity (Wildman–Crippen MR) is 142 cm³/mol. The van der Waals surface area contributed by atoms with Gasteiger partial charge >= 0.3 is 12.1 Å². The van der Waals surface area contributed by atoms with Crippen molar-refractivity contribution < 1.29 is 38.0 Å². The average Bonchev–Trinajstić information content (AvgIpc) is 3.20. The van der Waals surface area contributed by atoms with Crippen LogP contribution in [0.5, 0.6) is 0 Å². The molecule has 9 nitrogen and oxygen atoms in total. The number of alkyl carbamates (subject to hydrolysis) is 1. The number of carbonyl (C=O) groups excluding carboxylic acids is 2. The number of amides is 1. The lowest BCUT2D eigenvalue weighted by atomic mass is 9.98. The first-order chi connectivity index (χ1) is 18.3. The number of ether oxygens (including phenoxy) is 6. The molecule has 0 saturated heterocycles. The van der Waals surface area contributed by atoms with Crippen molar-refractivity contribution in [3.8, 4) is 11.1 Å². The Morgan fingerprint density at radius 3 is 1.79 bits per heavy atom. The Balaban J connectivity index is 1.14. The van der Waals surface area contributed by atoms with Crippen LogP contribution in [0.15, 0.2) is 48.5 Å². The van der Waals surface area contributed by atoms with Gasteiger partial charge in [-0.1, -0.05) is 48.5 Å². The fourth-order valence-electron chi connectivity index (χ4n) is 4.06. The summed E-state index contributed by atoms with van der Waals surface area (Å²) in [5.41, 5.74) is 4.24. The number of fused-ring (bicyclic) bond motifs is 3. The van der Waals surface area contributed by atoms with Crippen LogP contribution in [0.2, 0.25) is 0 Å². The fourth-order valence-corrected chi connectivity index (χ4v) is 4.06. The Bertz CT molecular complexity index is 974. The summed E-state index contributed by atoms with van der Waals surface area (Å²) in [5, 5.41) is 2.72. The normalized spacial score (nSPS) is 12.6. The second-order valence-electron chi connectivity index (χ2n) is 9.73. The first-order valence-electron chi connectivity index (χ1n) is 13.0. The third-order valence-corrected chi connectivity index (χ3v) is 5.62. The van der Waals surface area contributed by atoms with E-state index in [2.05, 4.69) is 29.6 Å². The molecule has 0 radical (unpaired) electrons. The van der Waals surface area contributed by atoms with E-state index in [9.17, 15) is 9.59 Å². The van der Waals surface area contributed by atoms with Crippen LogP contribution in [0.25, 0.3) is 11.1 Å². The van der Waals surface area contributed by atoms with E-state index in [1.54, 1.807) is 0 Å². The van der Waals surface area contributed by atoms with Crippen molar-refractivity contribution in [1.82, 2.24) is 5.32 Å². The van der Waals surface area contributed by atoms with Crippen molar-refractivity contribution in [3.05, 3.63) is 59.7 Å². The third kappa shape index (κ3) is 10.1. The molecule has 0 heterocycles. The monoisotopic (exact) mass is 529 g/mol. The minimum absolute atomic E-state index is 0.0373. The molecule has 1 aliphatic rings. The molecule has 1 amide bonds. The van der Waals surface area contributed by atoms with Gasteiger partial charge in [0, 0.05) is 12.5 Å². The standard InChI is InChI=1S/C29H39NO8/c1-29(2,3)38-27(31)21-36-19-18-35-17-16-34-15-14-33-13-12-30-28(32)37-20-26-24-10-6-4-8-22(24)23-9-5-7-11-25(23)26/h4-11,26H,12-21H2,1-3H3,(H,30,32). The quantitative estimate of drug-likeness (QED) is 0.258. The third-order valence-electron chi connectivity index (χ3n) is 5.62. The molecule has 0 unspecified atom stereocenters. The summed E-state index contributed by atoms with van der Waals surface area (Å²) in [7, 11) is 0. The highest BCUT2D eigenvalue weighted by Gasteiger charge is 2.28. The minimum atomic E-state index is -0.517. The molecule has 0 aromatic heterocycles. The Kier molecular flexibility index (Phi) is 12.0. The lowest BCUT2D eigenvalue weighted by Gasteiger charge is -2.19. The highest BCUT2D eigenvalue weighted by Crippen LogP contribution is 2.44. The topological polar surface area (TPSA) is 102 Å². The van der Waals surface area contributed by atoms with Gasteiger partial charge in [-0.05, 0) is 43.0 Å². The molecule has 0 fully saturated rings. The van der Waals surface area contributed by atoms with Gasteiger partial charge in [-0.25, -0.2) is 9.59 Å². The van der Waals surface area contributed by atoms with Crippen LogP contribution >= 0.6 is 0 Å². The predicted octanol–water partition coefficient (Wildman–Crippen LogP) is 3.93. The second kappa shape index (κ2) is 15.4. The summed E-state index contributed by atoms with van der Waals surface area (Å²) in [6.45, 7) is 8.67. The van der Waals surface area contributed by atoms with E-state index in [1.807, 2.05) is 45.0 Å². The minimum Gasteiger partial charge on any atom is -0.458 e. The summed E-state index contributed by atoms with van der Waals surface area (Å²) in [4.78, 5) is 23.7. The zero-order valence-corrected chi connectivity index (χ0v) is 22.5. The number of benzene rings is 2. The summed E-state index contributed by atoms with van der Waals surface area (Å²) in [6, 6.07) is 16.5. The van der Waals surface area contributed by atoms with E-state index in [0.717, 1.165) is 0 Å². The Morgan fingerprint density at radius 1 is 0.737 bits per heavy atom. The molecule has 2 aromatic carbocycles. The average molecular weight is 530 g/mol. The van der Waals surface area contributed by atoms with Gasteiger partial charge in [0.25, 0.3) is 0 Å². The molecule has 0 aliphatic heterocycles. The molecule has 0 spiro atoms. The Labute approximate surface area is 224 Å². The van der Waals surface area contributed by atoms with Crippen LogP contribution in [-0.2, 0) is 33.2 Å². The van der Waals surface area contributed by atoms with E-state index < -0.39 is 17.7 Å². The van der Waals surface area contributed by atoms with Crippen molar-refractivity contribution in [3.63, 3.8) is 0 Å². The highest BCUT2D eigenvalue weighted by atomic mass is 16.6. The van der Waals surface area contributed by atoms with Gasteiger partial charge in [-0.15, -0.1) is 0 Å². The van der Waals surface area contributed by atoms with Gasteiger partial charge in [0.15, 0.2) is 0 Å². The van der Waals surface area contributed by atoms with Crippen molar-refractivity contribution in [2.24, 2.45) is 0 Å². The maximum absolute atomic E-state index is 12.2. The van der Waals surface area contributed by atoms with Crippen LogP contribution in [0, 0.1) is 0 Å². The maximum atomic E-state index is 12.2. The van der Waals surface area contributed by atoms with E-state index in [0.29, 0.717) is 52.8 Å². The van der Waals surface area contributed by atoms with Crippen molar-refractivity contribution >= 4 is 12.1 Å². The molecule has 38 heavy (non-hydrogen) atoms. The SMILES string of the molecule is CC(C)(C)OC(=O)COCCOCCOCCOCCNC(=O)OCC1c2ccccc2-c2ccccc21. The molecule has 9 heteroatoms. The molecule has 0 bridgehead atoms. The zero-order valence-electron chi connectivity index (χ0n) is 22.5. The van der Waals surface area contributed by atoms with Crippen LogP contribution in [0.3, 0.4) is 0 Å². The summed E-state index contributed by atoms with van der Waals surface area (Å²) >= 11 is 0. The molecule has 2 aromatic rings. The molecule has 0 atom stereocenters. The number of nitrogens with one attached hydrogen (secondary N) is 1. The molecule has 1 N–H and O–H groups in total.